The summed E-state index contributed by atoms with van der Waals surface area (Å²) >= 11 is 1.32. The average Bonchev–Trinajstić information content (AvgIpc) is 3.18. The molecule has 1 aromatic heterocycles. The maximum atomic E-state index is 13.3. The van der Waals surface area contributed by atoms with Gasteiger partial charge in [0.2, 0.25) is 10.0 Å². The van der Waals surface area contributed by atoms with Gasteiger partial charge in [-0.3, -0.25) is 9.59 Å². The fraction of sp³-hybridized carbons (Fsp3) is 0.444. The molecule has 0 atom stereocenters. The van der Waals surface area contributed by atoms with Crippen LogP contribution in [-0.2, 0) is 32.5 Å². The summed E-state index contributed by atoms with van der Waals surface area (Å²) in [5.74, 6) is -0.611. The van der Waals surface area contributed by atoms with Crippen LogP contribution in [0.4, 0.5) is 0 Å². The van der Waals surface area contributed by atoms with Gasteiger partial charge in [0.15, 0.2) is 4.80 Å². The van der Waals surface area contributed by atoms with Crippen molar-refractivity contribution in [3.05, 3.63) is 58.4 Å². The van der Waals surface area contributed by atoms with Crippen molar-refractivity contribution in [2.24, 2.45) is 16.8 Å². The molecule has 0 radical (unpaired) electrons. The Labute approximate surface area is 222 Å². The number of amides is 1. The first-order valence-corrected chi connectivity index (χ1v) is 14.6. The zero-order valence-electron chi connectivity index (χ0n) is 22.2. The Bertz CT molecular complexity index is 1420. The van der Waals surface area contributed by atoms with Gasteiger partial charge in [0.05, 0.1) is 22.2 Å². The number of hydrogen-bond acceptors (Lipinski definition) is 6. The SMILES string of the molecule is CCc1ccc2c(c1)sc(=NC(=O)c1ccc(S(=O)(=O)N(CC(C)C)CC(C)C)cc1)n2CC(=O)OC. The molecule has 200 valence electrons. The summed E-state index contributed by atoms with van der Waals surface area (Å²) in [6.07, 6.45) is 0.858. The van der Waals surface area contributed by atoms with Crippen LogP contribution in [0.2, 0.25) is 0 Å². The van der Waals surface area contributed by atoms with Gasteiger partial charge in [-0.05, 0) is 60.2 Å². The van der Waals surface area contributed by atoms with Gasteiger partial charge in [-0.2, -0.15) is 9.30 Å². The number of benzene rings is 2. The van der Waals surface area contributed by atoms with Crippen molar-refractivity contribution in [1.29, 1.82) is 0 Å². The van der Waals surface area contributed by atoms with Crippen molar-refractivity contribution >= 4 is 43.5 Å². The molecular formula is C27H35N3O5S2. The predicted octanol–water partition coefficient (Wildman–Crippen LogP) is 4.48. The minimum atomic E-state index is -3.70. The molecule has 10 heteroatoms. The van der Waals surface area contributed by atoms with Gasteiger partial charge >= 0.3 is 5.97 Å². The van der Waals surface area contributed by atoms with Crippen LogP contribution in [0.25, 0.3) is 10.2 Å². The van der Waals surface area contributed by atoms with Crippen molar-refractivity contribution in [2.75, 3.05) is 20.2 Å². The zero-order chi connectivity index (χ0) is 27.3. The van der Waals surface area contributed by atoms with E-state index in [0.717, 1.165) is 22.2 Å². The van der Waals surface area contributed by atoms with Gasteiger partial charge in [0.1, 0.15) is 6.54 Å². The maximum absolute atomic E-state index is 13.3. The molecule has 0 saturated carbocycles. The molecule has 1 amide bonds. The smallest absolute Gasteiger partial charge is 0.325 e. The summed E-state index contributed by atoms with van der Waals surface area (Å²) in [4.78, 5) is 29.9. The highest BCUT2D eigenvalue weighted by molar-refractivity contribution is 7.89. The highest BCUT2D eigenvalue weighted by atomic mass is 32.2. The van der Waals surface area contributed by atoms with E-state index in [1.54, 1.807) is 4.57 Å². The molecule has 0 saturated heterocycles. The van der Waals surface area contributed by atoms with Gasteiger partial charge in [-0.25, -0.2) is 8.42 Å². The van der Waals surface area contributed by atoms with E-state index in [9.17, 15) is 18.0 Å². The summed E-state index contributed by atoms with van der Waals surface area (Å²) in [5.41, 5.74) is 2.18. The molecule has 0 N–H and O–H groups in total. The van der Waals surface area contributed by atoms with E-state index in [4.69, 9.17) is 4.74 Å². The van der Waals surface area contributed by atoms with Crippen LogP contribution in [0.5, 0.6) is 0 Å². The summed E-state index contributed by atoms with van der Waals surface area (Å²) < 4.78 is 35.5. The Kier molecular flexibility index (Phi) is 9.44. The lowest BCUT2D eigenvalue weighted by Gasteiger charge is -2.25. The number of hydrogen-bond donors (Lipinski definition) is 0. The fourth-order valence-corrected chi connectivity index (χ4v) is 6.78. The normalized spacial score (nSPS) is 12.7. The minimum Gasteiger partial charge on any atom is -0.468 e. The third-order valence-electron chi connectivity index (χ3n) is 5.74. The summed E-state index contributed by atoms with van der Waals surface area (Å²) in [7, 11) is -2.39. The number of carbonyl (C=O) groups excluding carboxylic acids is 2. The van der Waals surface area contributed by atoms with Gasteiger partial charge in [-0.1, -0.05) is 52.0 Å². The number of fused-ring (bicyclic) bond motifs is 1. The van der Waals surface area contributed by atoms with Crippen LogP contribution >= 0.6 is 11.3 Å². The Morgan fingerprint density at radius 1 is 1.03 bits per heavy atom. The zero-order valence-corrected chi connectivity index (χ0v) is 23.9. The molecule has 2 aromatic carbocycles. The highest BCUT2D eigenvalue weighted by Gasteiger charge is 2.26. The number of carbonyl (C=O) groups is 2. The number of rotatable bonds is 10. The van der Waals surface area contributed by atoms with Crippen LogP contribution in [0, 0.1) is 11.8 Å². The standard InChI is InChI=1S/C27H35N3O5S2/c1-7-20-8-13-23-24(14-20)36-27(30(23)17-25(31)35-6)28-26(32)21-9-11-22(12-10-21)37(33,34)29(15-18(2)3)16-19(4)5/h8-14,18-19H,7,15-17H2,1-6H3. The molecule has 0 fully saturated rings. The summed E-state index contributed by atoms with van der Waals surface area (Å²) in [6.45, 7) is 10.7. The van der Waals surface area contributed by atoms with Crippen LogP contribution in [0.1, 0.15) is 50.5 Å². The number of sulfonamides is 1. The number of ether oxygens (including phenoxy) is 1. The van der Waals surface area contributed by atoms with Crippen LogP contribution in [0.15, 0.2) is 52.4 Å². The Morgan fingerprint density at radius 3 is 2.19 bits per heavy atom. The second-order valence-corrected chi connectivity index (χ2v) is 12.7. The first-order valence-electron chi connectivity index (χ1n) is 12.3. The highest BCUT2D eigenvalue weighted by Crippen LogP contribution is 2.21. The fourth-order valence-electron chi connectivity index (χ4n) is 3.92. The second kappa shape index (κ2) is 12.1. The van der Waals surface area contributed by atoms with E-state index in [1.807, 2.05) is 45.9 Å². The minimum absolute atomic E-state index is 0.0766. The molecule has 3 rings (SSSR count). The van der Waals surface area contributed by atoms with E-state index < -0.39 is 21.9 Å². The van der Waals surface area contributed by atoms with Crippen molar-refractivity contribution < 1.29 is 22.7 Å². The molecule has 1 heterocycles. The number of nitrogens with zero attached hydrogens (tertiary/aromatic N) is 3. The lowest BCUT2D eigenvalue weighted by Crippen LogP contribution is -2.37. The quantitative estimate of drug-likeness (QED) is 0.350. The third kappa shape index (κ3) is 6.94. The van der Waals surface area contributed by atoms with Crippen molar-refractivity contribution in [2.45, 2.75) is 52.5 Å². The average molecular weight is 546 g/mol. The molecule has 0 aliphatic rings. The largest absolute Gasteiger partial charge is 0.468 e. The topological polar surface area (TPSA) is 98.0 Å². The molecule has 0 unspecified atom stereocenters. The molecule has 0 bridgehead atoms. The molecule has 37 heavy (non-hydrogen) atoms. The molecule has 0 aliphatic carbocycles. The Hall–Kier alpha value is -2.82. The molecule has 8 nitrogen and oxygen atoms in total. The second-order valence-electron chi connectivity index (χ2n) is 9.75. The summed E-state index contributed by atoms with van der Waals surface area (Å²) in [6, 6.07) is 11.8. The third-order valence-corrected chi connectivity index (χ3v) is 8.63. The van der Waals surface area contributed by atoms with Gasteiger partial charge < -0.3 is 9.30 Å². The van der Waals surface area contributed by atoms with E-state index in [0.29, 0.717) is 17.9 Å². The molecular weight excluding hydrogens is 510 g/mol. The first kappa shape index (κ1) is 28.7. The number of methoxy groups -OCH3 is 1. The monoisotopic (exact) mass is 545 g/mol. The van der Waals surface area contributed by atoms with Gasteiger partial charge in [0.25, 0.3) is 5.91 Å². The first-order chi connectivity index (χ1) is 17.5. The number of esters is 1. The molecule has 3 aromatic rings. The van der Waals surface area contributed by atoms with Crippen LogP contribution < -0.4 is 4.80 Å². The van der Waals surface area contributed by atoms with Gasteiger partial charge in [-0.15, -0.1) is 0 Å². The maximum Gasteiger partial charge on any atom is 0.325 e. The number of aromatic nitrogens is 1. The lowest BCUT2D eigenvalue weighted by atomic mass is 10.2. The molecule has 0 aliphatic heterocycles. The van der Waals surface area contributed by atoms with E-state index >= 15 is 0 Å². The van der Waals surface area contributed by atoms with Crippen LogP contribution in [-0.4, -0.2) is 49.4 Å². The number of thiazole rings is 1. The van der Waals surface area contributed by atoms with Crippen molar-refractivity contribution in [3.8, 4) is 0 Å². The molecule has 0 spiro atoms. The number of aryl methyl sites for hydroxylation is 1. The van der Waals surface area contributed by atoms with E-state index in [-0.39, 0.29) is 28.8 Å². The predicted molar refractivity (Wildman–Crippen MR) is 146 cm³/mol. The summed E-state index contributed by atoms with van der Waals surface area (Å²) in [5, 5.41) is 0. The lowest BCUT2D eigenvalue weighted by molar-refractivity contribution is -0.141. The van der Waals surface area contributed by atoms with E-state index in [2.05, 4.69) is 11.9 Å². The Morgan fingerprint density at radius 2 is 1.65 bits per heavy atom. The van der Waals surface area contributed by atoms with Gasteiger partial charge in [0, 0.05) is 18.7 Å². The van der Waals surface area contributed by atoms with E-state index in [1.165, 1.54) is 47.0 Å². The van der Waals surface area contributed by atoms with Crippen molar-refractivity contribution in [3.63, 3.8) is 0 Å². The van der Waals surface area contributed by atoms with Crippen molar-refractivity contribution in [1.82, 2.24) is 8.87 Å². The Balaban J connectivity index is 1.97. The van der Waals surface area contributed by atoms with Crippen LogP contribution in [0.3, 0.4) is 0 Å².